The highest BCUT2D eigenvalue weighted by molar-refractivity contribution is 14.1. The van der Waals surface area contributed by atoms with E-state index >= 15 is 0 Å². The van der Waals surface area contributed by atoms with Crippen LogP contribution in [0.15, 0.2) is 12.4 Å². The summed E-state index contributed by atoms with van der Waals surface area (Å²) in [6.07, 6.45) is 3.52. The van der Waals surface area contributed by atoms with Gasteiger partial charge in [-0.15, -0.1) is 0 Å². The van der Waals surface area contributed by atoms with E-state index in [0.717, 1.165) is 3.57 Å². The molecule has 4 nitrogen and oxygen atoms in total. The normalized spacial score (nSPS) is 13.7. The van der Waals surface area contributed by atoms with Crippen molar-refractivity contribution in [3.63, 3.8) is 0 Å². The second-order valence-corrected chi connectivity index (χ2v) is 5.39. The van der Waals surface area contributed by atoms with E-state index in [1.54, 1.807) is 26.2 Å². The smallest absolute Gasteiger partial charge is 0.225 e. The Morgan fingerprint density at radius 1 is 1.40 bits per heavy atom. The highest BCUT2D eigenvalue weighted by atomic mass is 127. The molecular weight excluding hydrogens is 305 g/mol. The number of anilines is 1. The third-order valence-corrected chi connectivity index (χ3v) is 3.08. The molecular formula is C10H16IN3O. The summed E-state index contributed by atoms with van der Waals surface area (Å²) in [5.74, 6) is 0.630. The fraction of sp³-hybridized carbons (Fsp3) is 0.600. The topological polar surface area (TPSA) is 49.2 Å². The van der Waals surface area contributed by atoms with Crippen LogP contribution in [-0.4, -0.2) is 33.8 Å². The Morgan fingerprint density at radius 3 is 2.27 bits per heavy atom. The van der Waals surface area contributed by atoms with E-state index in [-0.39, 0.29) is 6.04 Å². The summed E-state index contributed by atoms with van der Waals surface area (Å²) < 4.78 is 1.00. The molecule has 0 aliphatic rings. The van der Waals surface area contributed by atoms with E-state index in [4.69, 9.17) is 0 Å². The zero-order valence-corrected chi connectivity index (χ0v) is 11.6. The minimum atomic E-state index is -0.777. The van der Waals surface area contributed by atoms with Gasteiger partial charge < -0.3 is 10.0 Å². The first-order chi connectivity index (χ1) is 6.82. The molecule has 0 radical (unpaired) electrons. The van der Waals surface area contributed by atoms with E-state index in [0.29, 0.717) is 5.95 Å². The van der Waals surface area contributed by atoms with Crippen molar-refractivity contribution >= 4 is 28.5 Å². The van der Waals surface area contributed by atoms with E-state index in [2.05, 4.69) is 32.6 Å². The molecule has 1 aromatic heterocycles. The van der Waals surface area contributed by atoms with Gasteiger partial charge in [0.15, 0.2) is 0 Å². The molecule has 15 heavy (non-hydrogen) atoms. The van der Waals surface area contributed by atoms with Crippen LogP contribution in [0, 0.1) is 3.57 Å². The molecule has 0 aliphatic heterocycles. The summed E-state index contributed by atoms with van der Waals surface area (Å²) in [4.78, 5) is 10.3. The summed E-state index contributed by atoms with van der Waals surface area (Å²) in [5.41, 5.74) is -0.777. The Kier molecular flexibility index (Phi) is 3.88. The van der Waals surface area contributed by atoms with E-state index in [9.17, 15) is 5.11 Å². The summed E-state index contributed by atoms with van der Waals surface area (Å²) >= 11 is 2.16. The zero-order valence-electron chi connectivity index (χ0n) is 9.40. The Balaban J connectivity index is 2.85. The molecule has 0 spiro atoms. The van der Waals surface area contributed by atoms with Crippen molar-refractivity contribution in [2.75, 3.05) is 11.9 Å². The van der Waals surface area contributed by atoms with Crippen molar-refractivity contribution in [2.24, 2.45) is 0 Å². The third-order valence-electron chi connectivity index (χ3n) is 2.53. The first-order valence-electron chi connectivity index (χ1n) is 4.75. The number of aromatic nitrogens is 2. The SMILES string of the molecule is CC(N(C)c1ncc(I)cn1)C(C)(C)O. The second-order valence-electron chi connectivity index (χ2n) is 4.14. The number of hydrogen-bond acceptors (Lipinski definition) is 4. The summed E-state index contributed by atoms with van der Waals surface area (Å²) in [6, 6.07) is -0.0439. The third kappa shape index (κ3) is 3.27. The van der Waals surface area contributed by atoms with Crippen molar-refractivity contribution < 1.29 is 5.11 Å². The predicted octanol–water partition coefficient (Wildman–Crippen LogP) is 1.68. The number of aliphatic hydroxyl groups is 1. The average molecular weight is 321 g/mol. The molecule has 5 heteroatoms. The molecule has 84 valence electrons. The van der Waals surface area contributed by atoms with Crippen LogP contribution in [0.2, 0.25) is 0 Å². The first-order valence-corrected chi connectivity index (χ1v) is 5.83. The van der Waals surface area contributed by atoms with Gasteiger partial charge in [-0.1, -0.05) is 0 Å². The van der Waals surface area contributed by atoms with Crippen molar-refractivity contribution in [1.29, 1.82) is 0 Å². The zero-order chi connectivity index (χ0) is 11.6. The van der Waals surface area contributed by atoms with Crippen molar-refractivity contribution in [3.05, 3.63) is 16.0 Å². The second kappa shape index (κ2) is 4.61. The molecule has 0 saturated heterocycles. The van der Waals surface area contributed by atoms with Gasteiger partial charge in [-0.05, 0) is 43.4 Å². The van der Waals surface area contributed by atoms with Crippen molar-refractivity contribution in [1.82, 2.24) is 9.97 Å². The average Bonchev–Trinajstić information content (AvgIpc) is 2.15. The van der Waals surface area contributed by atoms with Gasteiger partial charge in [0.2, 0.25) is 5.95 Å². The van der Waals surface area contributed by atoms with Crippen LogP contribution in [0.25, 0.3) is 0 Å². The van der Waals surface area contributed by atoms with Crippen molar-refractivity contribution in [2.45, 2.75) is 32.4 Å². The molecule has 1 rings (SSSR count). The van der Waals surface area contributed by atoms with Crippen LogP contribution in [0.4, 0.5) is 5.95 Å². The molecule has 0 fully saturated rings. The van der Waals surface area contributed by atoms with E-state index in [1.807, 2.05) is 18.9 Å². The molecule has 0 bridgehead atoms. The van der Waals surface area contributed by atoms with E-state index < -0.39 is 5.60 Å². The number of halogens is 1. The summed E-state index contributed by atoms with van der Waals surface area (Å²) in [7, 11) is 1.88. The fourth-order valence-corrected chi connectivity index (χ4v) is 1.41. The standard InChI is InChI=1S/C10H16IN3O/c1-7(10(2,3)15)14(4)9-12-5-8(11)6-13-9/h5-7,15H,1-4H3. The van der Waals surface area contributed by atoms with Gasteiger partial charge in [0.05, 0.1) is 11.6 Å². The monoisotopic (exact) mass is 321 g/mol. The molecule has 0 aromatic carbocycles. The maximum absolute atomic E-state index is 9.87. The van der Waals surface area contributed by atoms with Crippen LogP contribution in [-0.2, 0) is 0 Å². The minimum Gasteiger partial charge on any atom is -0.388 e. The van der Waals surface area contributed by atoms with Crippen molar-refractivity contribution in [3.8, 4) is 0 Å². The molecule has 0 aliphatic carbocycles. The fourth-order valence-electron chi connectivity index (χ4n) is 1.13. The van der Waals surface area contributed by atoms with Gasteiger partial charge in [0.25, 0.3) is 0 Å². The first kappa shape index (κ1) is 12.6. The molecule has 1 atom stereocenters. The number of likely N-dealkylation sites (N-methyl/N-ethyl adjacent to an activating group) is 1. The predicted molar refractivity (Wildman–Crippen MR) is 68.9 cm³/mol. The molecule has 1 aromatic rings. The summed E-state index contributed by atoms with van der Waals surface area (Å²) in [6.45, 7) is 5.50. The van der Waals surface area contributed by atoms with Gasteiger partial charge >= 0.3 is 0 Å². The van der Waals surface area contributed by atoms with Crippen LogP contribution >= 0.6 is 22.6 Å². The van der Waals surface area contributed by atoms with Crippen LogP contribution < -0.4 is 4.90 Å². The lowest BCUT2D eigenvalue weighted by Crippen LogP contribution is -2.46. The lowest BCUT2D eigenvalue weighted by Gasteiger charge is -2.33. The summed E-state index contributed by atoms with van der Waals surface area (Å²) in [5, 5.41) is 9.87. The Labute approximate surface area is 104 Å². The number of hydrogen-bond donors (Lipinski definition) is 1. The maximum Gasteiger partial charge on any atom is 0.225 e. The van der Waals surface area contributed by atoms with Gasteiger partial charge in [0, 0.05) is 23.0 Å². The molecule has 0 saturated carbocycles. The Morgan fingerprint density at radius 2 is 1.87 bits per heavy atom. The molecule has 1 heterocycles. The maximum atomic E-state index is 9.87. The number of nitrogens with zero attached hydrogens (tertiary/aromatic N) is 3. The molecule has 1 N–H and O–H groups in total. The lowest BCUT2D eigenvalue weighted by molar-refractivity contribution is 0.0561. The van der Waals surface area contributed by atoms with E-state index in [1.165, 1.54) is 0 Å². The lowest BCUT2D eigenvalue weighted by atomic mass is 10.00. The number of rotatable bonds is 3. The quantitative estimate of drug-likeness (QED) is 0.861. The minimum absolute atomic E-state index is 0.0439. The molecule has 1 unspecified atom stereocenters. The molecule has 0 amide bonds. The van der Waals surface area contributed by atoms with Crippen LogP contribution in [0.3, 0.4) is 0 Å². The van der Waals surface area contributed by atoms with Gasteiger partial charge in [-0.3, -0.25) is 0 Å². The van der Waals surface area contributed by atoms with Crippen LogP contribution in [0.1, 0.15) is 20.8 Å². The Hall–Kier alpha value is -0.430. The van der Waals surface area contributed by atoms with Crippen LogP contribution in [0.5, 0.6) is 0 Å². The van der Waals surface area contributed by atoms with Gasteiger partial charge in [-0.25, -0.2) is 9.97 Å². The largest absolute Gasteiger partial charge is 0.388 e. The Bertz CT molecular complexity index is 320. The highest BCUT2D eigenvalue weighted by Gasteiger charge is 2.27. The highest BCUT2D eigenvalue weighted by Crippen LogP contribution is 2.18. The van der Waals surface area contributed by atoms with Gasteiger partial charge in [-0.2, -0.15) is 0 Å². The van der Waals surface area contributed by atoms with Gasteiger partial charge in [0.1, 0.15) is 0 Å².